The lowest BCUT2D eigenvalue weighted by atomic mass is 10.1. The predicted molar refractivity (Wildman–Crippen MR) is 52.5 cm³/mol. The van der Waals surface area contributed by atoms with Gasteiger partial charge in [0.25, 0.3) is 0 Å². The van der Waals surface area contributed by atoms with E-state index in [9.17, 15) is 4.79 Å². The lowest BCUT2D eigenvalue weighted by Crippen LogP contribution is -1.88. The van der Waals surface area contributed by atoms with Gasteiger partial charge in [-0.1, -0.05) is 36.9 Å². The molecule has 1 fully saturated rings. The zero-order valence-corrected chi connectivity index (χ0v) is 7.44. The van der Waals surface area contributed by atoms with Crippen molar-refractivity contribution in [2.75, 3.05) is 0 Å². The van der Waals surface area contributed by atoms with E-state index in [2.05, 4.69) is 18.7 Å². The van der Waals surface area contributed by atoms with Gasteiger partial charge >= 0.3 is 0 Å². The van der Waals surface area contributed by atoms with E-state index in [1.165, 1.54) is 5.56 Å². The molecule has 1 aromatic carbocycles. The monoisotopic (exact) mass is 172 g/mol. The quantitative estimate of drug-likeness (QED) is 0.506. The zero-order chi connectivity index (χ0) is 9.26. The van der Waals surface area contributed by atoms with E-state index >= 15 is 0 Å². The maximum atomic E-state index is 10.5. The van der Waals surface area contributed by atoms with Gasteiger partial charge in [-0.05, 0) is 29.4 Å². The molecule has 1 aliphatic rings. The fourth-order valence-corrected chi connectivity index (χ4v) is 1.76. The largest absolute Gasteiger partial charge is 0.298 e. The number of hydrogen-bond acceptors (Lipinski definition) is 1. The molecule has 2 atom stereocenters. The first-order valence-corrected chi connectivity index (χ1v) is 4.52. The van der Waals surface area contributed by atoms with Gasteiger partial charge in [0.1, 0.15) is 6.29 Å². The topological polar surface area (TPSA) is 17.1 Å². The van der Waals surface area contributed by atoms with Crippen LogP contribution in [0.3, 0.4) is 0 Å². The van der Waals surface area contributed by atoms with Crippen molar-refractivity contribution in [1.82, 2.24) is 0 Å². The van der Waals surface area contributed by atoms with Crippen molar-refractivity contribution in [2.45, 2.75) is 12.3 Å². The maximum Gasteiger partial charge on any atom is 0.145 e. The molecule has 0 saturated heterocycles. The van der Waals surface area contributed by atoms with Crippen LogP contribution in [0.1, 0.15) is 17.9 Å². The summed E-state index contributed by atoms with van der Waals surface area (Å²) in [4.78, 5) is 10.5. The molecular formula is C12H12O. The van der Waals surface area contributed by atoms with Crippen molar-refractivity contribution in [1.29, 1.82) is 0 Å². The van der Waals surface area contributed by atoms with Crippen LogP contribution in [0.2, 0.25) is 0 Å². The molecular weight excluding hydrogens is 160 g/mol. The molecule has 0 aliphatic heterocycles. The van der Waals surface area contributed by atoms with Crippen molar-refractivity contribution in [2.24, 2.45) is 5.92 Å². The normalized spacial score (nSPS) is 25.2. The Morgan fingerprint density at radius 2 is 2.08 bits per heavy atom. The van der Waals surface area contributed by atoms with Crippen LogP contribution in [0.15, 0.2) is 42.5 Å². The van der Waals surface area contributed by atoms with E-state index in [4.69, 9.17) is 0 Å². The maximum absolute atomic E-state index is 10.5. The number of benzene rings is 1. The Balaban J connectivity index is 2.08. The standard InChI is InChI=1S/C12H12O/c1-9(8-13)11-7-12(11)10-5-3-2-4-6-10/h2-6,8,11-12H,1,7H2. The molecule has 0 aromatic heterocycles. The molecule has 0 heterocycles. The molecule has 2 rings (SSSR count). The van der Waals surface area contributed by atoms with Gasteiger partial charge in [-0.25, -0.2) is 0 Å². The SMILES string of the molecule is C=C(C=O)C1CC1c1ccccc1. The summed E-state index contributed by atoms with van der Waals surface area (Å²) in [5, 5.41) is 0. The van der Waals surface area contributed by atoms with Gasteiger partial charge in [-0.3, -0.25) is 4.79 Å². The molecule has 0 spiro atoms. The zero-order valence-electron chi connectivity index (χ0n) is 7.44. The van der Waals surface area contributed by atoms with Crippen LogP contribution in [0.5, 0.6) is 0 Å². The lowest BCUT2D eigenvalue weighted by Gasteiger charge is -1.97. The minimum Gasteiger partial charge on any atom is -0.298 e. The summed E-state index contributed by atoms with van der Waals surface area (Å²) in [5.41, 5.74) is 2.07. The molecule has 1 nitrogen and oxygen atoms in total. The second-order valence-corrected chi connectivity index (χ2v) is 3.55. The summed E-state index contributed by atoms with van der Waals surface area (Å²) in [6.45, 7) is 3.74. The first kappa shape index (κ1) is 8.24. The van der Waals surface area contributed by atoms with E-state index in [1.54, 1.807) is 0 Å². The van der Waals surface area contributed by atoms with Gasteiger partial charge in [-0.15, -0.1) is 0 Å². The number of carbonyl (C=O) groups excluding carboxylic acids is 1. The highest BCUT2D eigenvalue weighted by Gasteiger charge is 2.39. The summed E-state index contributed by atoms with van der Waals surface area (Å²) >= 11 is 0. The Hall–Kier alpha value is -1.37. The van der Waals surface area contributed by atoms with E-state index in [-0.39, 0.29) is 0 Å². The summed E-state index contributed by atoms with van der Waals surface area (Å²) in [6.07, 6.45) is 1.97. The van der Waals surface area contributed by atoms with Crippen molar-refractivity contribution in [3.05, 3.63) is 48.0 Å². The van der Waals surface area contributed by atoms with Gasteiger partial charge < -0.3 is 0 Å². The predicted octanol–water partition coefficient (Wildman–Crippen LogP) is 2.55. The average Bonchev–Trinajstić information content (AvgIpc) is 2.98. The van der Waals surface area contributed by atoms with Crippen LogP contribution in [-0.4, -0.2) is 6.29 Å². The van der Waals surface area contributed by atoms with E-state index in [0.717, 1.165) is 18.3 Å². The van der Waals surface area contributed by atoms with Gasteiger partial charge in [0.2, 0.25) is 0 Å². The Kier molecular flexibility index (Phi) is 2.01. The second kappa shape index (κ2) is 3.17. The third kappa shape index (κ3) is 1.55. The Morgan fingerprint density at radius 1 is 1.38 bits per heavy atom. The summed E-state index contributed by atoms with van der Waals surface area (Å²) < 4.78 is 0. The lowest BCUT2D eigenvalue weighted by molar-refractivity contribution is -0.105. The van der Waals surface area contributed by atoms with Crippen LogP contribution in [0.4, 0.5) is 0 Å². The molecule has 13 heavy (non-hydrogen) atoms. The Labute approximate surface area is 78.1 Å². The fraction of sp³-hybridized carbons (Fsp3) is 0.250. The van der Waals surface area contributed by atoms with E-state index in [0.29, 0.717) is 11.8 Å². The minimum absolute atomic E-state index is 0.403. The van der Waals surface area contributed by atoms with Crippen LogP contribution in [0.25, 0.3) is 0 Å². The van der Waals surface area contributed by atoms with Crippen molar-refractivity contribution in [3.63, 3.8) is 0 Å². The number of aldehydes is 1. The highest BCUT2D eigenvalue weighted by atomic mass is 16.1. The number of hydrogen-bond donors (Lipinski definition) is 0. The summed E-state index contributed by atoms with van der Waals surface area (Å²) in [6, 6.07) is 10.3. The minimum atomic E-state index is 0.403. The van der Waals surface area contributed by atoms with Crippen LogP contribution in [-0.2, 0) is 4.79 Å². The number of carbonyl (C=O) groups is 1. The van der Waals surface area contributed by atoms with Crippen LogP contribution in [0, 0.1) is 5.92 Å². The van der Waals surface area contributed by atoms with Gasteiger partial charge in [0.05, 0.1) is 0 Å². The van der Waals surface area contributed by atoms with E-state index in [1.807, 2.05) is 18.2 Å². The number of rotatable bonds is 3. The Bertz CT molecular complexity index is 326. The van der Waals surface area contributed by atoms with Crippen molar-refractivity contribution < 1.29 is 4.79 Å². The van der Waals surface area contributed by atoms with Crippen LogP contribution >= 0.6 is 0 Å². The third-order valence-electron chi connectivity index (χ3n) is 2.65. The smallest absolute Gasteiger partial charge is 0.145 e. The second-order valence-electron chi connectivity index (χ2n) is 3.55. The van der Waals surface area contributed by atoms with Gasteiger partial charge in [-0.2, -0.15) is 0 Å². The molecule has 1 heteroatoms. The van der Waals surface area contributed by atoms with Crippen molar-refractivity contribution >= 4 is 6.29 Å². The summed E-state index contributed by atoms with van der Waals surface area (Å²) in [7, 11) is 0. The molecule has 0 amide bonds. The third-order valence-corrected chi connectivity index (χ3v) is 2.65. The molecule has 66 valence electrons. The molecule has 1 saturated carbocycles. The molecule has 0 radical (unpaired) electrons. The van der Waals surface area contributed by atoms with Gasteiger partial charge in [0.15, 0.2) is 0 Å². The fourth-order valence-electron chi connectivity index (χ4n) is 1.76. The summed E-state index contributed by atoms with van der Waals surface area (Å²) in [5.74, 6) is 0.943. The first-order valence-electron chi connectivity index (χ1n) is 4.52. The van der Waals surface area contributed by atoms with E-state index < -0.39 is 0 Å². The molecule has 1 aromatic rings. The molecule has 1 aliphatic carbocycles. The highest BCUT2D eigenvalue weighted by Crippen LogP contribution is 2.50. The Morgan fingerprint density at radius 3 is 2.69 bits per heavy atom. The average molecular weight is 172 g/mol. The molecule has 0 N–H and O–H groups in total. The van der Waals surface area contributed by atoms with Crippen LogP contribution < -0.4 is 0 Å². The van der Waals surface area contributed by atoms with Crippen molar-refractivity contribution in [3.8, 4) is 0 Å². The van der Waals surface area contributed by atoms with Gasteiger partial charge in [0, 0.05) is 0 Å². The highest BCUT2D eigenvalue weighted by molar-refractivity contribution is 5.74. The molecule has 2 unspecified atom stereocenters. The first-order chi connectivity index (χ1) is 6.33. The molecule has 0 bridgehead atoms. The number of allylic oxidation sites excluding steroid dienone is 1.